The number of rotatable bonds is 9. The summed E-state index contributed by atoms with van der Waals surface area (Å²) in [4.78, 5) is 2.20. The van der Waals surface area contributed by atoms with Crippen LogP contribution in [0.5, 0.6) is 0 Å². The monoisotopic (exact) mass is 564 g/mol. The first-order valence-electron chi connectivity index (χ1n) is 11.4. The topological polar surface area (TPSA) is 83.8 Å². The molecule has 4 aromatic carbocycles. The third kappa shape index (κ3) is 7.46. The highest BCUT2D eigenvalue weighted by atomic mass is 32.3. The van der Waals surface area contributed by atoms with Crippen molar-refractivity contribution in [3.8, 4) is 0 Å². The zero-order valence-electron chi connectivity index (χ0n) is 20.1. The van der Waals surface area contributed by atoms with Crippen molar-refractivity contribution >= 4 is 20.5 Å². The van der Waals surface area contributed by atoms with Crippen LogP contribution >= 0.6 is 10.4 Å². The van der Waals surface area contributed by atoms with Crippen molar-refractivity contribution < 1.29 is 35.5 Å². The van der Waals surface area contributed by atoms with E-state index in [2.05, 4.69) is 4.74 Å². The molecule has 0 saturated heterocycles. The highest BCUT2D eigenvalue weighted by molar-refractivity contribution is 8.29. The van der Waals surface area contributed by atoms with Crippen LogP contribution in [-0.2, 0) is 14.9 Å². The smallest absolute Gasteiger partial charge is 0.386 e. The van der Waals surface area contributed by atoms with E-state index in [9.17, 15) is 22.3 Å². The summed E-state index contributed by atoms with van der Waals surface area (Å²) < 4.78 is 74.7. The van der Waals surface area contributed by atoms with Gasteiger partial charge in [0.15, 0.2) is 0 Å². The zero-order valence-corrected chi connectivity index (χ0v) is 21.7. The fourth-order valence-electron chi connectivity index (χ4n) is 3.37. The number of aliphatic hydroxyl groups is 1. The first-order chi connectivity index (χ1) is 18.1. The number of ether oxygens (including phenoxy) is 1. The lowest BCUT2D eigenvalue weighted by Gasteiger charge is -2.32. The average molecular weight is 565 g/mol. The second-order valence-corrected chi connectivity index (χ2v) is 12.1. The van der Waals surface area contributed by atoms with E-state index in [-0.39, 0.29) is 0 Å². The van der Waals surface area contributed by atoms with Crippen LogP contribution in [0.15, 0.2) is 136 Å². The first-order valence-corrected chi connectivity index (χ1v) is 14.4. The molecule has 1 unspecified atom stereocenters. The standard InChI is InChI=1S/C18H15FS.C10H12F2O5S/c19-20(16-10-4-1-5-11-16,17-12-6-2-7-13-17)18-14-8-3-9-15-18;11-10(12,18(14,15)16)7-17-6-9(13)8-4-2-1-3-5-8/h1-15H;1-5,9,13H,6-7H2,(H,14,15,16). The van der Waals surface area contributed by atoms with Crippen LogP contribution in [0.3, 0.4) is 0 Å². The van der Waals surface area contributed by atoms with Crippen LogP contribution in [0.1, 0.15) is 11.7 Å². The molecule has 0 saturated carbocycles. The third-order valence-electron chi connectivity index (χ3n) is 5.31. The molecule has 4 rings (SSSR count). The Kier molecular flexibility index (Phi) is 10.1. The molecule has 1 atom stereocenters. The summed E-state index contributed by atoms with van der Waals surface area (Å²) >= 11 is 0. The Morgan fingerprint density at radius 2 is 1.03 bits per heavy atom. The Hall–Kier alpha value is -3.15. The molecule has 0 aromatic heterocycles. The molecule has 38 heavy (non-hydrogen) atoms. The highest BCUT2D eigenvalue weighted by Gasteiger charge is 2.44. The first kappa shape index (κ1) is 29.4. The maximum absolute atomic E-state index is 16.1. The van der Waals surface area contributed by atoms with E-state index in [0.717, 1.165) is 14.7 Å². The van der Waals surface area contributed by atoms with E-state index in [1.165, 1.54) is 0 Å². The lowest BCUT2D eigenvalue weighted by molar-refractivity contribution is -0.0462. The molecule has 0 aliphatic rings. The molecule has 0 aliphatic carbocycles. The quantitative estimate of drug-likeness (QED) is 0.213. The molecule has 0 heterocycles. The molecule has 0 amide bonds. The van der Waals surface area contributed by atoms with Crippen LogP contribution in [0.2, 0.25) is 0 Å². The third-order valence-corrected chi connectivity index (χ3v) is 8.95. The lowest BCUT2D eigenvalue weighted by Crippen LogP contribution is -2.34. The van der Waals surface area contributed by atoms with E-state index in [4.69, 9.17) is 4.55 Å². The number of hydrogen-bond donors (Lipinski definition) is 2. The van der Waals surface area contributed by atoms with Crippen LogP contribution < -0.4 is 0 Å². The largest absolute Gasteiger partial charge is 0.392 e. The molecule has 0 spiro atoms. The summed E-state index contributed by atoms with van der Waals surface area (Å²) in [5.74, 6) is 0. The number of aliphatic hydroxyl groups excluding tert-OH is 1. The van der Waals surface area contributed by atoms with Gasteiger partial charge in [0.25, 0.3) is 0 Å². The minimum Gasteiger partial charge on any atom is -0.386 e. The van der Waals surface area contributed by atoms with Gasteiger partial charge in [-0.3, -0.25) is 4.55 Å². The zero-order chi connectivity index (χ0) is 27.7. The molecule has 5 nitrogen and oxygen atoms in total. The second-order valence-electron chi connectivity index (χ2n) is 8.03. The van der Waals surface area contributed by atoms with Gasteiger partial charge in [0.05, 0.1) is 6.61 Å². The van der Waals surface area contributed by atoms with Crippen LogP contribution in [-0.4, -0.2) is 36.5 Å². The lowest BCUT2D eigenvalue weighted by atomic mass is 10.1. The predicted molar refractivity (Wildman–Crippen MR) is 142 cm³/mol. The van der Waals surface area contributed by atoms with Gasteiger partial charge in [0, 0.05) is 14.7 Å². The van der Waals surface area contributed by atoms with Gasteiger partial charge < -0.3 is 9.84 Å². The number of alkyl halides is 2. The van der Waals surface area contributed by atoms with E-state index in [0.29, 0.717) is 5.56 Å². The fraction of sp³-hybridized carbons (Fsp3) is 0.143. The minimum absolute atomic E-state index is 0.452. The summed E-state index contributed by atoms with van der Waals surface area (Å²) in [5.41, 5.74) is 0.452. The molecule has 4 aromatic rings. The average Bonchev–Trinajstić information content (AvgIpc) is 2.94. The molecule has 2 N–H and O–H groups in total. The van der Waals surface area contributed by atoms with Crippen molar-refractivity contribution in [2.24, 2.45) is 0 Å². The molecular weight excluding hydrogens is 537 g/mol. The van der Waals surface area contributed by atoms with Gasteiger partial charge in [-0.05, 0) is 52.4 Å². The fourth-order valence-corrected chi connectivity index (χ4v) is 6.01. The van der Waals surface area contributed by atoms with Crippen molar-refractivity contribution in [2.45, 2.75) is 26.0 Å². The van der Waals surface area contributed by atoms with Gasteiger partial charge in [0.1, 0.15) is 12.7 Å². The molecule has 0 radical (unpaired) electrons. The number of halogens is 3. The Labute approximate surface area is 221 Å². The molecule has 0 fully saturated rings. The van der Waals surface area contributed by atoms with Gasteiger partial charge >= 0.3 is 15.4 Å². The van der Waals surface area contributed by atoms with Gasteiger partial charge in [-0.15, -0.1) is 0 Å². The van der Waals surface area contributed by atoms with E-state index >= 15 is 3.89 Å². The number of hydrogen-bond acceptors (Lipinski definition) is 4. The number of benzene rings is 4. The van der Waals surface area contributed by atoms with Crippen molar-refractivity contribution in [1.82, 2.24) is 0 Å². The van der Waals surface area contributed by atoms with Gasteiger partial charge in [-0.25, -0.2) is 0 Å². The van der Waals surface area contributed by atoms with E-state index in [1.54, 1.807) is 30.3 Å². The Balaban J connectivity index is 0.000000212. The van der Waals surface area contributed by atoms with Crippen LogP contribution in [0.4, 0.5) is 12.7 Å². The molecule has 0 bridgehead atoms. The van der Waals surface area contributed by atoms with Crippen molar-refractivity contribution in [2.75, 3.05) is 13.2 Å². The summed E-state index contributed by atoms with van der Waals surface area (Å²) in [6, 6.07) is 36.4. The maximum atomic E-state index is 16.1. The van der Waals surface area contributed by atoms with Gasteiger partial charge in [-0.2, -0.15) is 21.1 Å². The summed E-state index contributed by atoms with van der Waals surface area (Å²) in [6.07, 6.45) is -1.15. The normalized spacial score (nSPS) is 13.2. The summed E-state index contributed by atoms with van der Waals surface area (Å²) in [5, 5.41) is 5.15. The maximum Gasteiger partial charge on any atom is 0.392 e. The summed E-state index contributed by atoms with van der Waals surface area (Å²) in [7, 11) is -8.18. The Morgan fingerprint density at radius 3 is 1.37 bits per heavy atom. The predicted octanol–water partition coefficient (Wildman–Crippen LogP) is 7.07. The molecule has 0 aliphatic heterocycles. The Morgan fingerprint density at radius 1 is 0.684 bits per heavy atom. The molecular formula is C28H27F3O5S2. The van der Waals surface area contributed by atoms with E-state index in [1.807, 2.05) is 91.0 Å². The summed E-state index contributed by atoms with van der Waals surface area (Å²) in [6.45, 7) is -2.02. The van der Waals surface area contributed by atoms with Gasteiger partial charge in [0.2, 0.25) is 0 Å². The van der Waals surface area contributed by atoms with Crippen molar-refractivity contribution in [3.05, 3.63) is 127 Å². The highest BCUT2D eigenvalue weighted by Crippen LogP contribution is 2.69. The Bertz CT molecular complexity index is 1260. The molecule has 202 valence electrons. The van der Waals surface area contributed by atoms with E-state index < -0.39 is 45.1 Å². The molecule has 10 heteroatoms. The van der Waals surface area contributed by atoms with Crippen LogP contribution in [0, 0.1) is 0 Å². The minimum atomic E-state index is -5.50. The van der Waals surface area contributed by atoms with Crippen molar-refractivity contribution in [3.63, 3.8) is 0 Å². The SMILES string of the molecule is FS(c1ccccc1)(c1ccccc1)c1ccccc1.O=S(=O)(O)C(F)(F)COCC(O)c1ccccc1. The van der Waals surface area contributed by atoms with Gasteiger partial charge in [-0.1, -0.05) is 84.9 Å². The van der Waals surface area contributed by atoms with Crippen molar-refractivity contribution in [1.29, 1.82) is 0 Å². The second kappa shape index (κ2) is 13.1. The van der Waals surface area contributed by atoms with Crippen LogP contribution in [0.25, 0.3) is 0 Å².